The number of carbonyl (C=O) groups excluding carboxylic acids is 1. The van der Waals surface area contributed by atoms with Gasteiger partial charge in [-0.1, -0.05) is 57.2 Å². The van der Waals surface area contributed by atoms with Crippen LogP contribution in [0.3, 0.4) is 0 Å². The standard InChI is InChI=1S/C24H27N3O3/c1-24(2,3)16-11-9-15(10-12-16)22-19-20(17-7-5-6-8-18(17)28)25-26-21(19)23(29)27(22)13-14-30-4/h5-12,22,28H,13-14H2,1-4H3,(H,25,26)/t22-/m1/s1. The fourth-order valence-electron chi connectivity index (χ4n) is 4.01. The molecule has 2 aromatic carbocycles. The number of hydrogen-bond acceptors (Lipinski definition) is 4. The van der Waals surface area contributed by atoms with E-state index in [4.69, 9.17) is 4.74 Å². The van der Waals surface area contributed by atoms with E-state index in [0.717, 1.165) is 11.1 Å². The number of nitrogens with zero attached hydrogens (tertiary/aromatic N) is 2. The maximum absolute atomic E-state index is 13.2. The minimum Gasteiger partial charge on any atom is -0.507 e. The monoisotopic (exact) mass is 405 g/mol. The van der Waals surface area contributed by atoms with Crippen molar-refractivity contribution >= 4 is 5.91 Å². The molecule has 1 amide bonds. The molecule has 0 saturated heterocycles. The molecule has 1 aliphatic heterocycles. The van der Waals surface area contributed by atoms with Crippen LogP contribution in [0, 0.1) is 0 Å². The highest BCUT2D eigenvalue weighted by atomic mass is 16.5. The van der Waals surface area contributed by atoms with Gasteiger partial charge in [0.2, 0.25) is 0 Å². The van der Waals surface area contributed by atoms with Gasteiger partial charge in [0.05, 0.1) is 12.6 Å². The van der Waals surface area contributed by atoms with Crippen molar-refractivity contribution in [3.8, 4) is 17.0 Å². The van der Waals surface area contributed by atoms with Crippen LogP contribution in [0.5, 0.6) is 5.75 Å². The van der Waals surface area contributed by atoms with Crippen molar-refractivity contribution in [1.82, 2.24) is 15.1 Å². The Balaban J connectivity index is 1.85. The van der Waals surface area contributed by atoms with Gasteiger partial charge in [-0.25, -0.2) is 0 Å². The lowest BCUT2D eigenvalue weighted by Crippen LogP contribution is -2.32. The molecule has 0 spiro atoms. The highest BCUT2D eigenvalue weighted by molar-refractivity contribution is 6.00. The summed E-state index contributed by atoms with van der Waals surface area (Å²) < 4.78 is 5.25. The first-order chi connectivity index (χ1) is 14.3. The lowest BCUT2D eigenvalue weighted by Gasteiger charge is -2.27. The molecule has 4 rings (SSSR count). The van der Waals surface area contributed by atoms with Gasteiger partial charge in [0.15, 0.2) is 0 Å². The Hall–Kier alpha value is -3.12. The summed E-state index contributed by atoms with van der Waals surface area (Å²) in [5, 5.41) is 17.7. The van der Waals surface area contributed by atoms with Gasteiger partial charge in [0.25, 0.3) is 5.91 Å². The molecule has 6 nitrogen and oxygen atoms in total. The van der Waals surface area contributed by atoms with Crippen molar-refractivity contribution < 1.29 is 14.6 Å². The third-order valence-electron chi connectivity index (χ3n) is 5.65. The Kier molecular flexibility index (Phi) is 5.12. The molecule has 30 heavy (non-hydrogen) atoms. The number of para-hydroxylation sites is 1. The number of phenols is 1. The molecular weight excluding hydrogens is 378 g/mol. The van der Waals surface area contributed by atoms with Crippen LogP contribution in [0.15, 0.2) is 48.5 Å². The molecule has 0 saturated carbocycles. The molecule has 0 bridgehead atoms. The van der Waals surface area contributed by atoms with Crippen LogP contribution in [-0.2, 0) is 10.2 Å². The van der Waals surface area contributed by atoms with Crippen LogP contribution in [0.2, 0.25) is 0 Å². The van der Waals surface area contributed by atoms with Crippen molar-refractivity contribution in [3.63, 3.8) is 0 Å². The highest BCUT2D eigenvalue weighted by Crippen LogP contribution is 2.44. The van der Waals surface area contributed by atoms with Crippen LogP contribution >= 0.6 is 0 Å². The number of hydrogen-bond donors (Lipinski definition) is 2. The molecule has 0 unspecified atom stereocenters. The summed E-state index contributed by atoms with van der Waals surface area (Å²) in [6, 6.07) is 15.1. The topological polar surface area (TPSA) is 78.5 Å². The summed E-state index contributed by atoms with van der Waals surface area (Å²) in [4.78, 5) is 15.0. The zero-order valence-corrected chi connectivity index (χ0v) is 17.8. The smallest absolute Gasteiger partial charge is 0.273 e. The maximum Gasteiger partial charge on any atom is 0.273 e. The minimum absolute atomic E-state index is 0.0432. The number of phenolic OH excluding ortho intramolecular Hbond substituents is 1. The highest BCUT2D eigenvalue weighted by Gasteiger charge is 2.42. The summed E-state index contributed by atoms with van der Waals surface area (Å²) in [7, 11) is 1.63. The van der Waals surface area contributed by atoms with Crippen LogP contribution < -0.4 is 0 Å². The number of amides is 1. The number of aromatic amines is 1. The lowest BCUT2D eigenvalue weighted by molar-refractivity contribution is 0.0677. The third kappa shape index (κ3) is 3.37. The summed E-state index contributed by atoms with van der Waals surface area (Å²) in [5.41, 5.74) is 4.74. The van der Waals surface area contributed by atoms with Gasteiger partial charge in [-0.3, -0.25) is 9.89 Å². The fourth-order valence-corrected chi connectivity index (χ4v) is 4.01. The Morgan fingerprint density at radius 2 is 1.83 bits per heavy atom. The Morgan fingerprint density at radius 3 is 2.47 bits per heavy atom. The number of aromatic hydroxyl groups is 1. The third-order valence-corrected chi connectivity index (χ3v) is 5.65. The van der Waals surface area contributed by atoms with Gasteiger partial charge < -0.3 is 14.7 Å². The fraction of sp³-hybridized carbons (Fsp3) is 0.333. The van der Waals surface area contributed by atoms with Gasteiger partial charge in [-0.15, -0.1) is 0 Å². The van der Waals surface area contributed by atoms with Crippen LogP contribution in [0.25, 0.3) is 11.3 Å². The number of rotatable bonds is 5. The molecule has 3 aromatic rings. The average molecular weight is 405 g/mol. The molecule has 0 aliphatic carbocycles. The number of methoxy groups -OCH3 is 1. The van der Waals surface area contributed by atoms with E-state index >= 15 is 0 Å². The van der Waals surface area contributed by atoms with Crippen molar-refractivity contribution in [1.29, 1.82) is 0 Å². The molecule has 0 fully saturated rings. The first kappa shape index (κ1) is 20.2. The molecule has 2 heterocycles. The summed E-state index contributed by atoms with van der Waals surface area (Å²) in [6.45, 7) is 7.43. The van der Waals surface area contributed by atoms with Gasteiger partial charge in [-0.2, -0.15) is 5.10 Å². The van der Waals surface area contributed by atoms with Gasteiger partial charge in [0, 0.05) is 24.8 Å². The number of ether oxygens (including phenoxy) is 1. The molecule has 1 atom stereocenters. The zero-order chi connectivity index (χ0) is 21.5. The minimum atomic E-state index is -0.301. The second kappa shape index (κ2) is 7.61. The first-order valence-corrected chi connectivity index (χ1v) is 10.1. The predicted molar refractivity (Wildman–Crippen MR) is 116 cm³/mol. The first-order valence-electron chi connectivity index (χ1n) is 10.1. The summed E-state index contributed by atoms with van der Waals surface area (Å²) >= 11 is 0. The SMILES string of the molecule is COCCN1C(=O)c2[nH]nc(-c3ccccc3O)c2[C@H]1c1ccc(C(C)(C)C)cc1. The number of H-pyrrole nitrogens is 1. The van der Waals surface area contributed by atoms with Crippen molar-refractivity contribution in [3.05, 3.63) is 70.9 Å². The number of carbonyl (C=O) groups is 1. The molecule has 6 heteroatoms. The van der Waals surface area contributed by atoms with Crippen LogP contribution in [0.4, 0.5) is 0 Å². The lowest BCUT2D eigenvalue weighted by atomic mass is 9.85. The molecule has 2 N–H and O–H groups in total. The van der Waals surface area contributed by atoms with Gasteiger partial charge in [0.1, 0.15) is 17.1 Å². The van der Waals surface area contributed by atoms with E-state index in [1.165, 1.54) is 5.56 Å². The molecule has 1 aliphatic rings. The van der Waals surface area contributed by atoms with E-state index in [1.54, 1.807) is 19.2 Å². The zero-order valence-electron chi connectivity index (χ0n) is 17.8. The van der Waals surface area contributed by atoms with E-state index in [9.17, 15) is 9.90 Å². The molecular formula is C24H27N3O3. The van der Waals surface area contributed by atoms with E-state index in [0.29, 0.717) is 30.1 Å². The molecule has 156 valence electrons. The van der Waals surface area contributed by atoms with E-state index in [1.807, 2.05) is 17.0 Å². The van der Waals surface area contributed by atoms with Crippen molar-refractivity contribution in [2.24, 2.45) is 0 Å². The Bertz CT molecular complexity index is 1060. The van der Waals surface area contributed by atoms with E-state index in [2.05, 4.69) is 55.2 Å². The summed E-state index contributed by atoms with van der Waals surface area (Å²) in [5.74, 6) is 0.0255. The van der Waals surface area contributed by atoms with Gasteiger partial charge in [-0.05, 0) is 28.7 Å². The number of nitrogens with one attached hydrogen (secondary N) is 1. The van der Waals surface area contributed by atoms with E-state index in [-0.39, 0.29) is 23.1 Å². The number of fused-ring (bicyclic) bond motifs is 1. The maximum atomic E-state index is 13.2. The van der Waals surface area contributed by atoms with E-state index < -0.39 is 0 Å². The van der Waals surface area contributed by atoms with Crippen molar-refractivity contribution in [2.45, 2.75) is 32.2 Å². The van der Waals surface area contributed by atoms with Gasteiger partial charge >= 0.3 is 0 Å². The second-order valence-electron chi connectivity index (χ2n) is 8.64. The number of aromatic nitrogens is 2. The molecule has 0 radical (unpaired) electrons. The largest absolute Gasteiger partial charge is 0.507 e. The predicted octanol–water partition coefficient (Wildman–Crippen LogP) is 4.27. The van der Waals surface area contributed by atoms with Crippen LogP contribution in [0.1, 0.15) is 54.0 Å². The van der Waals surface area contributed by atoms with Crippen molar-refractivity contribution in [2.75, 3.05) is 20.3 Å². The summed E-state index contributed by atoms with van der Waals surface area (Å²) in [6.07, 6.45) is 0. The number of benzene rings is 2. The average Bonchev–Trinajstić information content (AvgIpc) is 3.25. The normalized spacial score (nSPS) is 16.2. The quantitative estimate of drug-likeness (QED) is 0.664. The Labute approximate surface area is 176 Å². The second-order valence-corrected chi connectivity index (χ2v) is 8.64. The Morgan fingerprint density at radius 1 is 1.13 bits per heavy atom. The molecule has 1 aromatic heterocycles. The van der Waals surface area contributed by atoms with Crippen LogP contribution in [-0.4, -0.2) is 46.4 Å².